The highest BCUT2D eigenvalue weighted by atomic mass is 16.5. The number of allylic oxidation sites excluding steroid dienone is 1. The molecule has 0 radical (unpaired) electrons. The van der Waals surface area contributed by atoms with Gasteiger partial charge in [0.05, 0.1) is 5.69 Å². The van der Waals surface area contributed by atoms with Crippen LogP contribution in [0.3, 0.4) is 0 Å². The molecule has 0 saturated heterocycles. The second kappa shape index (κ2) is 8.12. The molecule has 0 aliphatic rings. The topological polar surface area (TPSA) is 26.0 Å². The first kappa shape index (κ1) is 15.0. The van der Waals surface area contributed by atoms with Crippen molar-refractivity contribution < 1.29 is 4.52 Å². The van der Waals surface area contributed by atoms with Crippen LogP contribution in [0.25, 0.3) is 6.08 Å². The smallest absolute Gasteiger partial charge is 0.146 e. The van der Waals surface area contributed by atoms with E-state index in [9.17, 15) is 0 Å². The number of unbranched alkanes of at least 4 members (excludes halogenated alkanes) is 3. The molecule has 1 heterocycles. The zero-order chi connectivity index (χ0) is 13.4. The molecule has 0 atom stereocenters. The van der Waals surface area contributed by atoms with Crippen LogP contribution in [0.5, 0.6) is 0 Å². The maximum Gasteiger partial charge on any atom is 0.146 e. The minimum absolute atomic E-state index is 0.402. The Balaban J connectivity index is 2.81. The van der Waals surface area contributed by atoms with E-state index in [2.05, 4.69) is 45.0 Å². The fourth-order valence-electron chi connectivity index (χ4n) is 1.99. The minimum atomic E-state index is 0.402. The lowest BCUT2D eigenvalue weighted by Crippen LogP contribution is -1.91. The second-order valence-corrected chi connectivity index (χ2v) is 5.21. The van der Waals surface area contributed by atoms with E-state index in [1.165, 1.54) is 31.2 Å². The van der Waals surface area contributed by atoms with Gasteiger partial charge in [-0.25, -0.2) is 0 Å². The van der Waals surface area contributed by atoms with Crippen molar-refractivity contribution in [1.29, 1.82) is 0 Å². The lowest BCUT2D eigenvalue weighted by molar-refractivity contribution is 0.365. The molecule has 0 N–H and O–H groups in total. The Hall–Kier alpha value is -1.05. The molecular formula is C16H27NO. The van der Waals surface area contributed by atoms with E-state index in [0.717, 1.165) is 24.3 Å². The maximum absolute atomic E-state index is 5.51. The summed E-state index contributed by atoms with van der Waals surface area (Å²) in [6.07, 6.45) is 11.5. The van der Waals surface area contributed by atoms with Gasteiger partial charge in [-0.2, -0.15) is 0 Å². The van der Waals surface area contributed by atoms with Crippen molar-refractivity contribution in [3.05, 3.63) is 23.1 Å². The summed E-state index contributed by atoms with van der Waals surface area (Å²) in [5, 5.41) is 4.25. The number of nitrogens with zero attached hydrogens (tertiary/aromatic N) is 1. The van der Waals surface area contributed by atoms with Crippen molar-refractivity contribution >= 4 is 6.08 Å². The van der Waals surface area contributed by atoms with Gasteiger partial charge in [0.2, 0.25) is 0 Å². The van der Waals surface area contributed by atoms with Gasteiger partial charge < -0.3 is 4.52 Å². The van der Waals surface area contributed by atoms with Crippen molar-refractivity contribution in [3.8, 4) is 0 Å². The summed E-state index contributed by atoms with van der Waals surface area (Å²) in [4.78, 5) is 0. The highest BCUT2D eigenvalue weighted by Gasteiger charge is 2.15. The van der Waals surface area contributed by atoms with Gasteiger partial charge in [0.25, 0.3) is 0 Å². The first-order valence-corrected chi connectivity index (χ1v) is 7.35. The van der Waals surface area contributed by atoms with Gasteiger partial charge in [0.15, 0.2) is 0 Å². The molecule has 0 bridgehead atoms. The second-order valence-electron chi connectivity index (χ2n) is 5.21. The average molecular weight is 249 g/mol. The summed E-state index contributed by atoms with van der Waals surface area (Å²) in [6.45, 7) is 8.75. The summed E-state index contributed by atoms with van der Waals surface area (Å²) >= 11 is 0. The monoisotopic (exact) mass is 249 g/mol. The van der Waals surface area contributed by atoms with Crippen LogP contribution in [0, 0.1) is 0 Å². The van der Waals surface area contributed by atoms with E-state index in [4.69, 9.17) is 4.52 Å². The van der Waals surface area contributed by atoms with Crippen LogP contribution >= 0.6 is 0 Å². The molecule has 0 aliphatic carbocycles. The summed E-state index contributed by atoms with van der Waals surface area (Å²) < 4.78 is 5.51. The standard InChI is InChI=1S/C16H27NO/c1-5-7-9-10-11-14-15(12-8-6-2)17-18-16(14)13(3)4/h10-11,13H,5-9,12H2,1-4H3/b11-10+. The van der Waals surface area contributed by atoms with Gasteiger partial charge in [0.1, 0.15) is 5.76 Å². The molecule has 18 heavy (non-hydrogen) atoms. The van der Waals surface area contributed by atoms with Gasteiger partial charge in [-0.1, -0.05) is 64.3 Å². The normalized spacial score (nSPS) is 11.8. The van der Waals surface area contributed by atoms with Crippen molar-refractivity contribution in [2.45, 2.75) is 72.1 Å². The van der Waals surface area contributed by atoms with Gasteiger partial charge >= 0.3 is 0 Å². The zero-order valence-corrected chi connectivity index (χ0v) is 12.3. The number of aryl methyl sites for hydroxylation is 1. The van der Waals surface area contributed by atoms with E-state index >= 15 is 0 Å². The Morgan fingerprint density at radius 2 is 1.89 bits per heavy atom. The van der Waals surface area contributed by atoms with Crippen LogP contribution < -0.4 is 0 Å². The molecule has 1 aromatic rings. The first-order valence-electron chi connectivity index (χ1n) is 7.35. The fraction of sp³-hybridized carbons (Fsp3) is 0.688. The number of aromatic nitrogens is 1. The van der Waals surface area contributed by atoms with E-state index in [0.29, 0.717) is 5.92 Å². The molecule has 102 valence electrons. The van der Waals surface area contributed by atoms with Crippen LogP contribution in [0.4, 0.5) is 0 Å². The molecule has 1 rings (SSSR count). The van der Waals surface area contributed by atoms with Crippen LogP contribution in [0.1, 0.15) is 82.7 Å². The van der Waals surface area contributed by atoms with Crippen LogP contribution in [-0.4, -0.2) is 5.16 Å². The van der Waals surface area contributed by atoms with Gasteiger partial charge in [0, 0.05) is 11.5 Å². The zero-order valence-electron chi connectivity index (χ0n) is 12.3. The Morgan fingerprint density at radius 3 is 2.50 bits per heavy atom. The average Bonchev–Trinajstić information content (AvgIpc) is 2.75. The number of hydrogen-bond donors (Lipinski definition) is 0. The number of rotatable bonds is 8. The summed E-state index contributed by atoms with van der Waals surface area (Å²) in [5.74, 6) is 1.44. The summed E-state index contributed by atoms with van der Waals surface area (Å²) in [7, 11) is 0. The third-order valence-corrected chi connectivity index (χ3v) is 3.13. The van der Waals surface area contributed by atoms with Gasteiger partial charge in [-0.15, -0.1) is 0 Å². The molecule has 0 saturated carbocycles. The Morgan fingerprint density at radius 1 is 1.17 bits per heavy atom. The molecule has 0 unspecified atom stereocenters. The lowest BCUT2D eigenvalue weighted by atomic mass is 10.0. The van der Waals surface area contributed by atoms with E-state index in [-0.39, 0.29) is 0 Å². The molecule has 2 nitrogen and oxygen atoms in total. The molecule has 0 amide bonds. The summed E-state index contributed by atoms with van der Waals surface area (Å²) in [6, 6.07) is 0. The van der Waals surface area contributed by atoms with Crippen LogP contribution in [0.2, 0.25) is 0 Å². The van der Waals surface area contributed by atoms with E-state index < -0.39 is 0 Å². The van der Waals surface area contributed by atoms with E-state index in [1.54, 1.807) is 0 Å². The van der Waals surface area contributed by atoms with Crippen LogP contribution in [-0.2, 0) is 6.42 Å². The Labute approximate surface area is 111 Å². The van der Waals surface area contributed by atoms with Crippen molar-refractivity contribution in [3.63, 3.8) is 0 Å². The fourth-order valence-corrected chi connectivity index (χ4v) is 1.99. The molecule has 0 fully saturated rings. The predicted octanol–water partition coefficient (Wildman–Crippen LogP) is 5.34. The first-order chi connectivity index (χ1) is 8.70. The Bertz CT molecular complexity index is 363. The van der Waals surface area contributed by atoms with Crippen molar-refractivity contribution in [1.82, 2.24) is 5.16 Å². The Kier molecular flexibility index (Phi) is 6.77. The highest BCUT2D eigenvalue weighted by molar-refractivity contribution is 5.54. The highest BCUT2D eigenvalue weighted by Crippen LogP contribution is 2.25. The molecule has 2 heteroatoms. The van der Waals surface area contributed by atoms with E-state index in [1.807, 2.05) is 0 Å². The molecular weight excluding hydrogens is 222 g/mol. The molecule has 0 spiro atoms. The minimum Gasteiger partial charge on any atom is -0.360 e. The third kappa shape index (κ3) is 4.32. The molecule has 0 aromatic carbocycles. The van der Waals surface area contributed by atoms with Crippen LogP contribution in [0.15, 0.2) is 10.6 Å². The van der Waals surface area contributed by atoms with Crippen molar-refractivity contribution in [2.75, 3.05) is 0 Å². The molecule has 1 aromatic heterocycles. The number of hydrogen-bond acceptors (Lipinski definition) is 2. The third-order valence-electron chi connectivity index (χ3n) is 3.13. The summed E-state index contributed by atoms with van der Waals surface area (Å²) in [5.41, 5.74) is 2.36. The van der Waals surface area contributed by atoms with Crippen molar-refractivity contribution in [2.24, 2.45) is 0 Å². The quantitative estimate of drug-likeness (QED) is 0.581. The lowest BCUT2D eigenvalue weighted by Gasteiger charge is -2.01. The van der Waals surface area contributed by atoms with Gasteiger partial charge in [-0.3, -0.25) is 0 Å². The SMILES string of the molecule is CCCC/C=C/c1c(CCCC)noc1C(C)C. The predicted molar refractivity (Wildman–Crippen MR) is 77.8 cm³/mol. The largest absolute Gasteiger partial charge is 0.360 e. The maximum atomic E-state index is 5.51. The molecule has 0 aliphatic heterocycles. The van der Waals surface area contributed by atoms with Gasteiger partial charge in [-0.05, 0) is 19.3 Å².